The summed E-state index contributed by atoms with van der Waals surface area (Å²) in [6.45, 7) is 0. The minimum Gasteiger partial charge on any atom is -0.399 e. The van der Waals surface area contributed by atoms with Crippen molar-refractivity contribution in [3.05, 3.63) is 77.4 Å². The van der Waals surface area contributed by atoms with Crippen LogP contribution in [-0.4, -0.2) is 10.2 Å². The Bertz CT molecular complexity index is 771. The fourth-order valence-electron chi connectivity index (χ4n) is 1.93. The SMILES string of the molecule is Nc1cc(N)cc(Cl)c1.O=C(Cl)c1ccc(-c2ccccc2)nc1. The molecule has 24 heavy (non-hydrogen) atoms. The molecule has 3 aromatic rings. The van der Waals surface area contributed by atoms with Crippen LogP contribution in [0.4, 0.5) is 11.4 Å². The normalized spacial score (nSPS) is 9.75. The average molecular weight is 360 g/mol. The number of halogens is 2. The zero-order valence-corrected chi connectivity index (χ0v) is 14.1. The van der Waals surface area contributed by atoms with Crippen LogP contribution in [0, 0.1) is 0 Å². The van der Waals surface area contributed by atoms with Gasteiger partial charge in [-0.1, -0.05) is 41.9 Å². The standard InChI is InChI=1S/C12H8ClNO.C6H7ClN2/c13-12(15)10-6-7-11(14-8-10)9-4-2-1-3-5-9;7-4-1-5(8)3-6(9)2-4/h1-8H;1-3H,8-9H2. The number of benzene rings is 2. The van der Waals surface area contributed by atoms with Crippen molar-refractivity contribution >= 4 is 39.8 Å². The maximum absolute atomic E-state index is 10.8. The lowest BCUT2D eigenvalue weighted by atomic mass is 10.1. The van der Waals surface area contributed by atoms with E-state index in [0.29, 0.717) is 22.0 Å². The molecule has 0 radical (unpaired) electrons. The van der Waals surface area contributed by atoms with E-state index in [-0.39, 0.29) is 0 Å². The maximum atomic E-state index is 10.8. The second-order valence-corrected chi connectivity index (χ2v) is 5.67. The molecular weight excluding hydrogens is 345 g/mol. The van der Waals surface area contributed by atoms with Crippen LogP contribution in [0.5, 0.6) is 0 Å². The Hall–Kier alpha value is -2.56. The largest absolute Gasteiger partial charge is 0.399 e. The van der Waals surface area contributed by atoms with Gasteiger partial charge in [0.1, 0.15) is 0 Å². The third-order valence-corrected chi connectivity index (χ3v) is 3.44. The number of hydrogen-bond donors (Lipinski definition) is 2. The number of carbonyl (C=O) groups is 1. The van der Waals surface area contributed by atoms with Gasteiger partial charge >= 0.3 is 0 Å². The van der Waals surface area contributed by atoms with Crippen molar-refractivity contribution < 1.29 is 4.79 Å². The molecule has 0 saturated carbocycles. The van der Waals surface area contributed by atoms with Crippen LogP contribution in [0.25, 0.3) is 11.3 Å². The predicted octanol–water partition coefficient (Wildman–Crippen LogP) is 4.63. The predicted molar refractivity (Wildman–Crippen MR) is 100 cm³/mol. The first-order chi connectivity index (χ1) is 11.5. The number of hydrogen-bond acceptors (Lipinski definition) is 4. The Labute approximate surface area is 150 Å². The molecule has 4 nitrogen and oxygen atoms in total. The summed E-state index contributed by atoms with van der Waals surface area (Å²) in [4.78, 5) is 15.0. The number of nitrogens with zero attached hydrogens (tertiary/aromatic N) is 1. The molecule has 2 aromatic carbocycles. The highest BCUT2D eigenvalue weighted by Gasteiger charge is 2.02. The zero-order valence-electron chi connectivity index (χ0n) is 12.6. The van der Waals surface area contributed by atoms with Gasteiger partial charge in [-0.15, -0.1) is 0 Å². The molecule has 0 fully saturated rings. The number of nitrogens with two attached hydrogens (primary N) is 2. The first kappa shape index (κ1) is 17.8. The average Bonchev–Trinajstić information content (AvgIpc) is 2.55. The van der Waals surface area contributed by atoms with Crippen LogP contribution < -0.4 is 11.5 Å². The maximum Gasteiger partial charge on any atom is 0.253 e. The van der Waals surface area contributed by atoms with Crippen molar-refractivity contribution in [2.24, 2.45) is 0 Å². The molecule has 0 aliphatic heterocycles. The van der Waals surface area contributed by atoms with E-state index in [1.54, 1.807) is 30.3 Å². The molecule has 122 valence electrons. The van der Waals surface area contributed by atoms with Crippen molar-refractivity contribution in [2.45, 2.75) is 0 Å². The molecule has 0 amide bonds. The van der Waals surface area contributed by atoms with E-state index < -0.39 is 5.24 Å². The Balaban J connectivity index is 0.000000198. The number of nitrogen functional groups attached to an aromatic ring is 2. The summed E-state index contributed by atoms with van der Waals surface area (Å²) < 4.78 is 0. The van der Waals surface area contributed by atoms with Gasteiger partial charge in [-0.25, -0.2) is 0 Å². The van der Waals surface area contributed by atoms with Crippen LogP contribution in [0.1, 0.15) is 10.4 Å². The van der Waals surface area contributed by atoms with Crippen molar-refractivity contribution in [1.82, 2.24) is 4.98 Å². The smallest absolute Gasteiger partial charge is 0.253 e. The van der Waals surface area contributed by atoms with Gasteiger partial charge in [0, 0.05) is 28.2 Å². The van der Waals surface area contributed by atoms with E-state index >= 15 is 0 Å². The molecule has 1 aromatic heterocycles. The number of carbonyl (C=O) groups excluding carboxylic acids is 1. The van der Waals surface area contributed by atoms with Crippen molar-refractivity contribution in [3.63, 3.8) is 0 Å². The quantitative estimate of drug-likeness (QED) is 0.516. The summed E-state index contributed by atoms with van der Waals surface area (Å²) >= 11 is 10.9. The van der Waals surface area contributed by atoms with Gasteiger partial charge in [0.05, 0.1) is 11.3 Å². The fraction of sp³-hybridized carbons (Fsp3) is 0. The molecular formula is C18H15Cl2N3O. The summed E-state index contributed by atoms with van der Waals surface area (Å²) in [6, 6.07) is 18.2. The number of anilines is 2. The molecule has 0 atom stereocenters. The summed E-state index contributed by atoms with van der Waals surface area (Å²) in [7, 11) is 0. The highest BCUT2D eigenvalue weighted by atomic mass is 35.5. The number of rotatable bonds is 2. The third kappa shape index (κ3) is 5.26. The summed E-state index contributed by atoms with van der Waals surface area (Å²) in [5, 5.41) is 0.0922. The summed E-state index contributed by atoms with van der Waals surface area (Å²) in [6.07, 6.45) is 1.48. The fourth-order valence-corrected chi connectivity index (χ4v) is 2.29. The topological polar surface area (TPSA) is 82.0 Å². The molecule has 6 heteroatoms. The zero-order chi connectivity index (χ0) is 17.5. The van der Waals surface area contributed by atoms with Gasteiger partial charge in [0.25, 0.3) is 5.24 Å². The van der Waals surface area contributed by atoms with Crippen molar-refractivity contribution in [2.75, 3.05) is 11.5 Å². The third-order valence-electron chi connectivity index (χ3n) is 3.00. The first-order valence-corrected chi connectivity index (χ1v) is 7.74. The van der Waals surface area contributed by atoms with Gasteiger partial charge in [0.2, 0.25) is 0 Å². The van der Waals surface area contributed by atoms with E-state index in [1.807, 2.05) is 30.3 Å². The van der Waals surface area contributed by atoms with Gasteiger partial charge < -0.3 is 11.5 Å². The highest BCUT2D eigenvalue weighted by Crippen LogP contribution is 2.17. The van der Waals surface area contributed by atoms with Gasteiger partial charge in [-0.05, 0) is 41.9 Å². The van der Waals surface area contributed by atoms with Crippen LogP contribution in [0.3, 0.4) is 0 Å². The molecule has 3 rings (SSSR count). The second kappa shape index (κ2) is 8.34. The number of aromatic nitrogens is 1. The van der Waals surface area contributed by atoms with Crippen LogP contribution >= 0.6 is 23.2 Å². The molecule has 0 unspecified atom stereocenters. The molecule has 0 aliphatic carbocycles. The van der Waals surface area contributed by atoms with Crippen molar-refractivity contribution in [3.8, 4) is 11.3 Å². The van der Waals surface area contributed by atoms with E-state index in [1.165, 1.54) is 6.20 Å². The Morgan fingerprint density at radius 3 is 2.00 bits per heavy atom. The molecule has 1 heterocycles. The summed E-state index contributed by atoms with van der Waals surface area (Å²) in [5.74, 6) is 0. The molecule has 0 spiro atoms. The van der Waals surface area contributed by atoms with Crippen molar-refractivity contribution in [1.29, 1.82) is 0 Å². The first-order valence-electron chi connectivity index (χ1n) is 6.98. The summed E-state index contributed by atoms with van der Waals surface area (Å²) in [5.41, 5.74) is 14.2. The minimum atomic E-state index is -0.484. The van der Waals surface area contributed by atoms with Crippen LogP contribution in [0.15, 0.2) is 66.9 Å². The second-order valence-electron chi connectivity index (χ2n) is 4.89. The molecule has 0 bridgehead atoms. The molecule has 0 saturated heterocycles. The lowest BCUT2D eigenvalue weighted by Gasteiger charge is -2.00. The molecule has 0 aliphatic rings. The van der Waals surface area contributed by atoms with Gasteiger partial charge in [-0.3, -0.25) is 9.78 Å². The van der Waals surface area contributed by atoms with E-state index in [0.717, 1.165) is 11.3 Å². The van der Waals surface area contributed by atoms with Gasteiger partial charge in [-0.2, -0.15) is 0 Å². The monoisotopic (exact) mass is 359 g/mol. The Morgan fingerprint density at radius 1 is 0.917 bits per heavy atom. The number of pyridine rings is 1. The van der Waals surface area contributed by atoms with E-state index in [9.17, 15) is 4.79 Å². The Morgan fingerprint density at radius 2 is 1.54 bits per heavy atom. The highest BCUT2D eigenvalue weighted by molar-refractivity contribution is 6.67. The van der Waals surface area contributed by atoms with Crippen LogP contribution in [-0.2, 0) is 0 Å². The lowest BCUT2D eigenvalue weighted by molar-refractivity contribution is 0.108. The lowest BCUT2D eigenvalue weighted by Crippen LogP contribution is -1.91. The minimum absolute atomic E-state index is 0.413. The molecule has 4 N–H and O–H groups in total. The Kier molecular flexibility index (Phi) is 6.18. The van der Waals surface area contributed by atoms with E-state index in [4.69, 9.17) is 34.7 Å². The van der Waals surface area contributed by atoms with Crippen LogP contribution in [0.2, 0.25) is 5.02 Å². The van der Waals surface area contributed by atoms with E-state index in [2.05, 4.69) is 4.98 Å². The van der Waals surface area contributed by atoms with Gasteiger partial charge in [0.15, 0.2) is 0 Å².